The van der Waals surface area contributed by atoms with Crippen LogP contribution in [0.25, 0.3) is 0 Å². The van der Waals surface area contributed by atoms with Crippen LogP contribution in [-0.2, 0) is 19.4 Å². The number of aryl methyl sites for hydroxylation is 2. The number of nitrogens with one attached hydrogen (secondary N) is 1. The quantitative estimate of drug-likeness (QED) is 0.886. The Morgan fingerprint density at radius 2 is 1.95 bits per heavy atom. The molecule has 3 rings (SSSR count). The van der Waals surface area contributed by atoms with Gasteiger partial charge in [0.1, 0.15) is 5.75 Å². The number of benzene rings is 2. The van der Waals surface area contributed by atoms with Gasteiger partial charge in [0.2, 0.25) is 0 Å². The molecule has 1 aliphatic rings. The summed E-state index contributed by atoms with van der Waals surface area (Å²) in [6.45, 7) is 0.629. The summed E-state index contributed by atoms with van der Waals surface area (Å²) in [4.78, 5) is 0. The lowest BCUT2D eigenvalue weighted by Gasteiger charge is -2.10. The molecule has 0 atom stereocenters. The van der Waals surface area contributed by atoms with Gasteiger partial charge in [-0.3, -0.25) is 0 Å². The van der Waals surface area contributed by atoms with Crippen molar-refractivity contribution in [2.24, 2.45) is 0 Å². The second kappa shape index (κ2) is 5.25. The van der Waals surface area contributed by atoms with Crippen molar-refractivity contribution in [2.75, 3.05) is 5.32 Å². The number of hydrogen-bond acceptors (Lipinski definition) is 2. The molecule has 3 heteroatoms. The fourth-order valence-electron chi connectivity index (χ4n) is 2.58. The highest BCUT2D eigenvalue weighted by Gasteiger charge is 2.11. The zero-order valence-electron chi connectivity index (χ0n) is 10.6. The third-order valence-corrected chi connectivity index (χ3v) is 4.29. The van der Waals surface area contributed by atoms with Gasteiger partial charge in [0, 0.05) is 17.8 Å². The van der Waals surface area contributed by atoms with Gasteiger partial charge in [-0.2, -0.15) is 0 Å². The van der Waals surface area contributed by atoms with Crippen LogP contribution in [0.4, 0.5) is 5.69 Å². The summed E-state index contributed by atoms with van der Waals surface area (Å²) in [6, 6.07) is 12.3. The van der Waals surface area contributed by atoms with E-state index in [1.54, 1.807) is 0 Å². The second-order valence-electron chi connectivity index (χ2n) is 4.94. The Morgan fingerprint density at radius 3 is 2.84 bits per heavy atom. The largest absolute Gasteiger partial charge is 0.506 e. The molecule has 0 radical (unpaired) electrons. The summed E-state index contributed by atoms with van der Waals surface area (Å²) in [5, 5.41) is 13.3. The predicted molar refractivity (Wildman–Crippen MR) is 81.6 cm³/mol. The van der Waals surface area contributed by atoms with Gasteiger partial charge in [-0.1, -0.05) is 18.2 Å². The van der Waals surface area contributed by atoms with Crippen LogP contribution in [0, 0.1) is 0 Å². The molecular weight excluding hydrogens is 302 g/mol. The molecule has 0 aliphatic heterocycles. The molecule has 19 heavy (non-hydrogen) atoms. The van der Waals surface area contributed by atoms with Gasteiger partial charge in [-0.05, 0) is 64.5 Å². The maximum Gasteiger partial charge on any atom is 0.134 e. The van der Waals surface area contributed by atoms with Crippen LogP contribution in [-0.4, -0.2) is 5.11 Å². The Labute approximate surface area is 121 Å². The van der Waals surface area contributed by atoms with Gasteiger partial charge in [0.15, 0.2) is 0 Å². The van der Waals surface area contributed by atoms with E-state index in [0.717, 1.165) is 15.7 Å². The molecule has 1 aliphatic carbocycles. The van der Waals surface area contributed by atoms with Crippen molar-refractivity contribution in [3.8, 4) is 5.75 Å². The molecule has 0 unspecified atom stereocenters. The lowest BCUT2D eigenvalue weighted by molar-refractivity contribution is 0.465. The third kappa shape index (κ3) is 2.61. The van der Waals surface area contributed by atoms with E-state index in [9.17, 15) is 5.11 Å². The Hall–Kier alpha value is -1.48. The van der Waals surface area contributed by atoms with Gasteiger partial charge in [0.25, 0.3) is 0 Å². The van der Waals surface area contributed by atoms with Crippen LogP contribution in [0.3, 0.4) is 0 Å². The lowest BCUT2D eigenvalue weighted by atomic mass is 10.1. The van der Waals surface area contributed by atoms with Gasteiger partial charge in [-0.15, -0.1) is 0 Å². The molecular formula is C16H16BrNO. The van der Waals surface area contributed by atoms with Crippen molar-refractivity contribution < 1.29 is 5.11 Å². The molecule has 0 fully saturated rings. The SMILES string of the molecule is Oc1c(Br)cccc1CNc1ccc2c(c1)CCC2. The number of rotatable bonds is 3. The average Bonchev–Trinajstić information content (AvgIpc) is 2.88. The number of fused-ring (bicyclic) bond motifs is 1. The summed E-state index contributed by atoms with van der Waals surface area (Å²) >= 11 is 3.34. The van der Waals surface area contributed by atoms with Crippen LogP contribution >= 0.6 is 15.9 Å². The van der Waals surface area contributed by atoms with Crippen LogP contribution in [0.2, 0.25) is 0 Å². The van der Waals surface area contributed by atoms with E-state index in [-0.39, 0.29) is 0 Å². The summed E-state index contributed by atoms with van der Waals surface area (Å²) in [5.41, 5.74) is 4.97. The van der Waals surface area contributed by atoms with Gasteiger partial charge in [0.05, 0.1) is 4.47 Å². The predicted octanol–water partition coefficient (Wildman–Crippen LogP) is 4.26. The maximum atomic E-state index is 9.94. The molecule has 0 aromatic heterocycles. The summed E-state index contributed by atoms with van der Waals surface area (Å²) in [7, 11) is 0. The Morgan fingerprint density at radius 1 is 1.11 bits per heavy atom. The Balaban J connectivity index is 1.74. The molecule has 2 N–H and O–H groups in total. The second-order valence-corrected chi connectivity index (χ2v) is 5.79. The van der Waals surface area contributed by atoms with E-state index in [0.29, 0.717) is 12.3 Å². The summed E-state index contributed by atoms with van der Waals surface area (Å²) in [6.07, 6.45) is 3.67. The number of halogens is 1. The minimum Gasteiger partial charge on any atom is -0.506 e. The summed E-state index contributed by atoms with van der Waals surface area (Å²) < 4.78 is 0.737. The van der Waals surface area contributed by atoms with Crippen molar-refractivity contribution >= 4 is 21.6 Å². The molecule has 0 amide bonds. The first-order valence-corrected chi connectivity index (χ1v) is 7.35. The number of anilines is 1. The number of phenols is 1. The van der Waals surface area contributed by atoms with Crippen LogP contribution < -0.4 is 5.32 Å². The molecule has 0 saturated heterocycles. The molecule has 2 nitrogen and oxygen atoms in total. The fraction of sp³-hybridized carbons (Fsp3) is 0.250. The first-order chi connectivity index (χ1) is 9.24. The molecule has 98 valence electrons. The van der Waals surface area contributed by atoms with Gasteiger partial charge >= 0.3 is 0 Å². The van der Waals surface area contributed by atoms with E-state index in [4.69, 9.17) is 0 Å². The highest BCUT2D eigenvalue weighted by Crippen LogP contribution is 2.29. The molecule has 2 aromatic carbocycles. The minimum absolute atomic E-state index is 0.316. The maximum absolute atomic E-state index is 9.94. The van der Waals surface area contributed by atoms with E-state index < -0.39 is 0 Å². The van der Waals surface area contributed by atoms with Gasteiger partial charge < -0.3 is 10.4 Å². The first kappa shape index (κ1) is 12.5. The highest BCUT2D eigenvalue weighted by atomic mass is 79.9. The highest BCUT2D eigenvalue weighted by molar-refractivity contribution is 9.10. The number of hydrogen-bond donors (Lipinski definition) is 2. The van der Waals surface area contributed by atoms with Crippen LogP contribution in [0.5, 0.6) is 5.75 Å². The van der Waals surface area contributed by atoms with Crippen molar-refractivity contribution in [3.05, 3.63) is 57.6 Å². The smallest absolute Gasteiger partial charge is 0.134 e. The van der Waals surface area contributed by atoms with Crippen LogP contribution in [0.1, 0.15) is 23.1 Å². The van der Waals surface area contributed by atoms with Crippen molar-refractivity contribution in [2.45, 2.75) is 25.8 Å². The van der Waals surface area contributed by atoms with Crippen LogP contribution in [0.15, 0.2) is 40.9 Å². The van der Waals surface area contributed by atoms with E-state index in [1.165, 1.54) is 30.4 Å². The molecule has 0 bridgehead atoms. The molecule has 0 saturated carbocycles. The number of aromatic hydroxyl groups is 1. The average molecular weight is 318 g/mol. The fourth-order valence-corrected chi connectivity index (χ4v) is 2.99. The minimum atomic E-state index is 0.316. The number of para-hydroxylation sites is 1. The molecule has 0 heterocycles. The Kier molecular flexibility index (Phi) is 3.47. The standard InChI is InChI=1S/C16H16BrNO/c17-15-6-2-5-13(16(15)19)10-18-14-8-7-11-3-1-4-12(11)9-14/h2,5-9,18-19H,1,3-4,10H2. The van der Waals surface area contributed by atoms with Gasteiger partial charge in [-0.25, -0.2) is 0 Å². The van der Waals surface area contributed by atoms with E-state index in [2.05, 4.69) is 39.4 Å². The monoisotopic (exact) mass is 317 g/mol. The van der Waals surface area contributed by atoms with E-state index in [1.807, 2.05) is 18.2 Å². The van der Waals surface area contributed by atoms with Crippen molar-refractivity contribution in [1.82, 2.24) is 0 Å². The third-order valence-electron chi connectivity index (χ3n) is 3.65. The van der Waals surface area contributed by atoms with Crippen molar-refractivity contribution in [1.29, 1.82) is 0 Å². The molecule has 2 aromatic rings. The molecule has 0 spiro atoms. The van der Waals surface area contributed by atoms with Crippen molar-refractivity contribution in [3.63, 3.8) is 0 Å². The normalized spacial score (nSPS) is 13.3. The first-order valence-electron chi connectivity index (χ1n) is 6.56. The summed E-state index contributed by atoms with van der Waals surface area (Å²) in [5.74, 6) is 0.316. The topological polar surface area (TPSA) is 32.3 Å². The zero-order chi connectivity index (χ0) is 13.2. The zero-order valence-corrected chi connectivity index (χ0v) is 12.2. The lowest BCUT2D eigenvalue weighted by Crippen LogP contribution is -2.00. The van der Waals surface area contributed by atoms with E-state index >= 15 is 0 Å². The number of phenolic OH excluding ortho intramolecular Hbond substituents is 1. The Bertz CT molecular complexity index is 610.